The van der Waals surface area contributed by atoms with Crippen molar-refractivity contribution in [3.63, 3.8) is 0 Å². The minimum absolute atomic E-state index is 0.0888. The molecule has 1 aromatic carbocycles. The summed E-state index contributed by atoms with van der Waals surface area (Å²) in [6, 6.07) is 9.58. The van der Waals surface area contributed by atoms with E-state index in [0.717, 1.165) is 40.9 Å². The number of amides is 1. The van der Waals surface area contributed by atoms with E-state index in [1.54, 1.807) is 12.4 Å². The van der Waals surface area contributed by atoms with Crippen LogP contribution in [0.4, 0.5) is 5.69 Å². The number of nitrogens with one attached hydrogen (secondary N) is 1. The molecule has 8 heteroatoms. The molecule has 0 saturated heterocycles. The zero-order chi connectivity index (χ0) is 18.6. The summed E-state index contributed by atoms with van der Waals surface area (Å²) < 4.78 is 7.54. The first-order chi connectivity index (χ1) is 13.2. The molecule has 1 aliphatic heterocycles. The average molecular weight is 381 g/mol. The van der Waals surface area contributed by atoms with Crippen LogP contribution >= 0.6 is 11.8 Å². The van der Waals surface area contributed by atoms with Crippen molar-refractivity contribution < 1.29 is 9.53 Å². The molecule has 0 saturated carbocycles. The summed E-state index contributed by atoms with van der Waals surface area (Å²) >= 11 is 1.37. The summed E-state index contributed by atoms with van der Waals surface area (Å²) in [7, 11) is 0. The lowest BCUT2D eigenvalue weighted by atomic mass is 10.1. The summed E-state index contributed by atoms with van der Waals surface area (Å²) in [5.41, 5.74) is 2.88. The lowest BCUT2D eigenvalue weighted by Gasteiger charge is -2.08. The largest absolute Gasteiger partial charge is 0.493 e. The Morgan fingerprint density at radius 3 is 2.93 bits per heavy atom. The van der Waals surface area contributed by atoms with Gasteiger partial charge in [0, 0.05) is 42.7 Å². The Hall–Kier alpha value is -2.87. The maximum absolute atomic E-state index is 12.3. The van der Waals surface area contributed by atoms with Gasteiger partial charge in [-0.2, -0.15) is 0 Å². The van der Waals surface area contributed by atoms with Crippen molar-refractivity contribution in [2.45, 2.75) is 25.0 Å². The third-order valence-electron chi connectivity index (χ3n) is 4.28. The molecule has 0 bridgehead atoms. The SMILES string of the molecule is CCn1c(SCC(=O)Nc2ccc3c(c2)OCC3)nnc1-c1ccncc1. The predicted molar refractivity (Wildman–Crippen MR) is 104 cm³/mol. The van der Waals surface area contributed by atoms with Crippen molar-refractivity contribution in [2.75, 3.05) is 17.7 Å². The third kappa shape index (κ3) is 3.80. The van der Waals surface area contributed by atoms with Crippen LogP contribution in [0.15, 0.2) is 47.9 Å². The van der Waals surface area contributed by atoms with Crippen LogP contribution in [0.25, 0.3) is 11.4 Å². The van der Waals surface area contributed by atoms with Crippen LogP contribution in [-0.4, -0.2) is 38.0 Å². The van der Waals surface area contributed by atoms with Gasteiger partial charge >= 0.3 is 0 Å². The van der Waals surface area contributed by atoms with Crippen LogP contribution in [-0.2, 0) is 17.8 Å². The summed E-state index contributed by atoms with van der Waals surface area (Å²) in [4.78, 5) is 16.4. The topological polar surface area (TPSA) is 81.9 Å². The monoisotopic (exact) mass is 381 g/mol. The molecule has 7 nitrogen and oxygen atoms in total. The van der Waals surface area contributed by atoms with Gasteiger partial charge in [-0.15, -0.1) is 10.2 Å². The Balaban J connectivity index is 1.41. The van der Waals surface area contributed by atoms with Crippen molar-refractivity contribution in [3.05, 3.63) is 48.3 Å². The van der Waals surface area contributed by atoms with Gasteiger partial charge in [-0.1, -0.05) is 17.8 Å². The number of nitrogens with zero attached hydrogens (tertiary/aromatic N) is 4. The Labute approximate surface area is 161 Å². The lowest BCUT2D eigenvalue weighted by molar-refractivity contribution is -0.113. The number of rotatable bonds is 6. The molecule has 2 aromatic heterocycles. The summed E-state index contributed by atoms with van der Waals surface area (Å²) in [6.45, 7) is 3.45. The number of fused-ring (bicyclic) bond motifs is 1. The van der Waals surface area contributed by atoms with Gasteiger partial charge in [0.25, 0.3) is 0 Å². The summed E-state index contributed by atoms with van der Waals surface area (Å²) in [6.07, 6.45) is 4.38. The fourth-order valence-corrected chi connectivity index (χ4v) is 3.77. The molecule has 0 atom stereocenters. The highest BCUT2D eigenvalue weighted by Gasteiger charge is 2.16. The van der Waals surface area contributed by atoms with E-state index in [0.29, 0.717) is 6.61 Å². The Morgan fingerprint density at radius 1 is 1.26 bits per heavy atom. The fraction of sp³-hybridized carbons (Fsp3) is 0.263. The second-order valence-electron chi connectivity index (χ2n) is 6.04. The molecule has 0 unspecified atom stereocenters. The molecule has 0 aliphatic carbocycles. The second kappa shape index (κ2) is 7.79. The zero-order valence-electron chi connectivity index (χ0n) is 14.9. The van der Waals surface area contributed by atoms with Crippen LogP contribution in [0.1, 0.15) is 12.5 Å². The van der Waals surface area contributed by atoms with Gasteiger partial charge in [0.1, 0.15) is 5.75 Å². The molecular weight excluding hydrogens is 362 g/mol. The van der Waals surface area contributed by atoms with E-state index in [4.69, 9.17) is 4.74 Å². The first-order valence-electron chi connectivity index (χ1n) is 8.76. The number of hydrogen-bond acceptors (Lipinski definition) is 6. The second-order valence-corrected chi connectivity index (χ2v) is 6.99. The lowest BCUT2D eigenvalue weighted by Crippen LogP contribution is -2.14. The average Bonchev–Trinajstić information content (AvgIpc) is 3.33. The van der Waals surface area contributed by atoms with E-state index in [9.17, 15) is 4.79 Å². The van der Waals surface area contributed by atoms with Gasteiger partial charge in [-0.3, -0.25) is 9.78 Å². The van der Waals surface area contributed by atoms with Gasteiger partial charge < -0.3 is 14.6 Å². The van der Waals surface area contributed by atoms with Crippen molar-refractivity contribution in [1.29, 1.82) is 0 Å². The molecule has 3 heterocycles. The quantitative estimate of drug-likeness (QED) is 0.661. The smallest absolute Gasteiger partial charge is 0.234 e. The molecule has 1 N–H and O–H groups in total. The first-order valence-corrected chi connectivity index (χ1v) is 9.75. The number of anilines is 1. The minimum atomic E-state index is -0.0888. The minimum Gasteiger partial charge on any atom is -0.493 e. The van der Waals surface area contributed by atoms with Crippen LogP contribution in [0.5, 0.6) is 5.75 Å². The van der Waals surface area contributed by atoms with E-state index in [2.05, 4.69) is 20.5 Å². The van der Waals surface area contributed by atoms with Crippen molar-refractivity contribution in [1.82, 2.24) is 19.7 Å². The molecule has 0 radical (unpaired) electrons. The van der Waals surface area contributed by atoms with E-state index in [1.165, 1.54) is 17.3 Å². The molecular formula is C19H19N5O2S. The molecule has 1 amide bonds. The molecule has 138 valence electrons. The molecule has 27 heavy (non-hydrogen) atoms. The molecule has 3 aromatic rings. The molecule has 0 fully saturated rings. The Morgan fingerprint density at radius 2 is 2.11 bits per heavy atom. The number of carbonyl (C=O) groups is 1. The predicted octanol–water partition coefficient (Wildman–Crippen LogP) is 3.03. The van der Waals surface area contributed by atoms with E-state index >= 15 is 0 Å². The summed E-state index contributed by atoms with van der Waals surface area (Å²) in [5.74, 6) is 1.80. The molecule has 1 aliphatic rings. The van der Waals surface area contributed by atoms with Crippen LogP contribution in [0, 0.1) is 0 Å². The van der Waals surface area contributed by atoms with Crippen molar-refractivity contribution in [2.24, 2.45) is 0 Å². The van der Waals surface area contributed by atoms with Gasteiger partial charge in [-0.05, 0) is 30.7 Å². The normalized spacial score (nSPS) is 12.5. The number of benzene rings is 1. The highest BCUT2D eigenvalue weighted by Crippen LogP contribution is 2.28. The van der Waals surface area contributed by atoms with Gasteiger partial charge in [0.05, 0.1) is 12.4 Å². The number of pyridine rings is 1. The van der Waals surface area contributed by atoms with Crippen molar-refractivity contribution >= 4 is 23.4 Å². The van der Waals surface area contributed by atoms with Gasteiger partial charge in [0.2, 0.25) is 5.91 Å². The van der Waals surface area contributed by atoms with E-state index in [-0.39, 0.29) is 11.7 Å². The number of carbonyl (C=O) groups excluding carboxylic acids is 1. The zero-order valence-corrected chi connectivity index (χ0v) is 15.7. The number of hydrogen-bond donors (Lipinski definition) is 1. The van der Waals surface area contributed by atoms with Crippen LogP contribution < -0.4 is 10.1 Å². The molecule has 0 spiro atoms. The summed E-state index contributed by atoms with van der Waals surface area (Å²) in [5, 5.41) is 12.2. The van der Waals surface area contributed by atoms with Crippen LogP contribution in [0.2, 0.25) is 0 Å². The van der Waals surface area contributed by atoms with Crippen molar-refractivity contribution in [3.8, 4) is 17.1 Å². The standard InChI is InChI=1S/C19H19N5O2S/c1-2-24-18(14-5-8-20-9-6-14)22-23-19(24)27-12-17(25)21-15-4-3-13-7-10-26-16(13)11-15/h3-6,8-9,11H,2,7,10,12H2,1H3,(H,21,25). The van der Waals surface area contributed by atoms with E-state index in [1.807, 2.05) is 41.8 Å². The third-order valence-corrected chi connectivity index (χ3v) is 5.25. The highest BCUT2D eigenvalue weighted by atomic mass is 32.2. The number of thioether (sulfide) groups is 1. The Kier molecular flexibility index (Phi) is 5.06. The van der Waals surface area contributed by atoms with E-state index < -0.39 is 0 Å². The molecule has 4 rings (SSSR count). The number of ether oxygens (including phenoxy) is 1. The first kappa shape index (κ1) is 17.5. The maximum Gasteiger partial charge on any atom is 0.234 e. The van der Waals surface area contributed by atoms with Gasteiger partial charge in [-0.25, -0.2) is 0 Å². The number of aromatic nitrogens is 4. The Bertz CT molecular complexity index is 958. The highest BCUT2D eigenvalue weighted by molar-refractivity contribution is 7.99. The van der Waals surface area contributed by atoms with Crippen LogP contribution in [0.3, 0.4) is 0 Å². The van der Waals surface area contributed by atoms with Gasteiger partial charge in [0.15, 0.2) is 11.0 Å². The fourth-order valence-electron chi connectivity index (χ4n) is 2.97. The maximum atomic E-state index is 12.3.